The van der Waals surface area contributed by atoms with E-state index < -0.39 is 10.0 Å². The lowest BCUT2D eigenvalue weighted by atomic mass is 9.93. The first-order valence-electron chi connectivity index (χ1n) is 7.58. The van der Waals surface area contributed by atoms with Crippen molar-refractivity contribution in [3.05, 3.63) is 41.7 Å². The van der Waals surface area contributed by atoms with Crippen molar-refractivity contribution in [3.63, 3.8) is 0 Å². The Hall–Kier alpha value is -1.73. The Labute approximate surface area is 130 Å². The molecule has 3 rings (SSSR count). The SMILES string of the molecule is CCc1ccccc1S(=O)(=O)NCc1cn(C2CCC2)nn1. The zero-order valence-corrected chi connectivity index (χ0v) is 13.4. The first-order valence-corrected chi connectivity index (χ1v) is 9.07. The molecule has 2 aromatic rings. The van der Waals surface area contributed by atoms with Gasteiger partial charge in [-0.25, -0.2) is 17.8 Å². The second-order valence-corrected chi connectivity index (χ2v) is 7.30. The highest BCUT2D eigenvalue weighted by Gasteiger charge is 2.21. The molecule has 1 aromatic carbocycles. The van der Waals surface area contributed by atoms with Crippen molar-refractivity contribution in [2.75, 3.05) is 0 Å². The Morgan fingerprint density at radius 1 is 1.32 bits per heavy atom. The standard InChI is InChI=1S/C15H20N4O2S/c1-2-12-6-3-4-9-15(12)22(20,21)16-10-13-11-19(18-17-13)14-7-5-8-14/h3-4,6,9,11,14,16H,2,5,7-8,10H2,1H3. The lowest BCUT2D eigenvalue weighted by molar-refractivity contribution is 0.284. The molecule has 0 unspecified atom stereocenters. The van der Waals surface area contributed by atoms with Gasteiger partial charge in [0.25, 0.3) is 0 Å². The van der Waals surface area contributed by atoms with E-state index in [0.29, 0.717) is 23.1 Å². The third-order valence-corrected chi connectivity index (χ3v) is 5.59. The molecule has 0 radical (unpaired) electrons. The largest absolute Gasteiger partial charge is 0.249 e. The summed E-state index contributed by atoms with van der Waals surface area (Å²) in [5, 5.41) is 8.12. The average Bonchev–Trinajstić information content (AvgIpc) is 2.92. The van der Waals surface area contributed by atoms with Crippen LogP contribution in [0.25, 0.3) is 0 Å². The van der Waals surface area contributed by atoms with E-state index in [1.807, 2.05) is 29.9 Å². The molecule has 118 valence electrons. The van der Waals surface area contributed by atoms with Crippen LogP contribution in [0.3, 0.4) is 0 Å². The predicted molar refractivity (Wildman–Crippen MR) is 82.8 cm³/mol. The summed E-state index contributed by atoms with van der Waals surface area (Å²) in [7, 11) is -3.53. The van der Waals surface area contributed by atoms with Gasteiger partial charge in [0.05, 0.1) is 29.4 Å². The van der Waals surface area contributed by atoms with Crippen LogP contribution in [-0.2, 0) is 23.0 Å². The summed E-state index contributed by atoms with van der Waals surface area (Å²) in [5.41, 5.74) is 1.46. The van der Waals surface area contributed by atoms with Gasteiger partial charge in [0, 0.05) is 0 Å². The van der Waals surface area contributed by atoms with E-state index in [-0.39, 0.29) is 6.54 Å². The highest BCUT2D eigenvalue weighted by atomic mass is 32.2. The number of nitrogens with one attached hydrogen (secondary N) is 1. The monoisotopic (exact) mass is 320 g/mol. The number of nitrogens with zero attached hydrogens (tertiary/aromatic N) is 3. The number of aromatic nitrogens is 3. The summed E-state index contributed by atoms with van der Waals surface area (Å²) in [6.07, 6.45) is 5.98. The van der Waals surface area contributed by atoms with E-state index in [4.69, 9.17) is 0 Å². The molecule has 1 fully saturated rings. The summed E-state index contributed by atoms with van der Waals surface area (Å²) in [4.78, 5) is 0.337. The van der Waals surface area contributed by atoms with E-state index in [1.165, 1.54) is 6.42 Å². The lowest BCUT2D eigenvalue weighted by Crippen LogP contribution is -2.24. The molecule has 1 aliphatic carbocycles. The normalized spacial score (nSPS) is 15.7. The zero-order chi connectivity index (χ0) is 15.6. The first-order chi connectivity index (χ1) is 10.6. The molecule has 1 N–H and O–H groups in total. The smallest absolute Gasteiger partial charge is 0.241 e. The highest BCUT2D eigenvalue weighted by molar-refractivity contribution is 7.89. The van der Waals surface area contributed by atoms with Crippen LogP contribution in [0.2, 0.25) is 0 Å². The lowest BCUT2D eigenvalue weighted by Gasteiger charge is -2.24. The van der Waals surface area contributed by atoms with Crippen molar-refractivity contribution in [2.24, 2.45) is 0 Å². The van der Waals surface area contributed by atoms with Crippen molar-refractivity contribution < 1.29 is 8.42 Å². The van der Waals surface area contributed by atoms with Crippen LogP contribution in [0.4, 0.5) is 0 Å². The van der Waals surface area contributed by atoms with E-state index in [2.05, 4.69) is 15.0 Å². The summed E-state index contributed by atoms with van der Waals surface area (Å²) < 4.78 is 29.3. The molecule has 0 bridgehead atoms. The molecule has 0 saturated heterocycles. The number of sulfonamides is 1. The Balaban J connectivity index is 1.70. The minimum atomic E-state index is -3.53. The fraction of sp³-hybridized carbons (Fsp3) is 0.467. The molecule has 7 heteroatoms. The van der Waals surface area contributed by atoms with Crippen molar-refractivity contribution in [3.8, 4) is 0 Å². The fourth-order valence-electron chi connectivity index (χ4n) is 2.53. The van der Waals surface area contributed by atoms with Gasteiger partial charge in [-0.2, -0.15) is 0 Å². The maximum Gasteiger partial charge on any atom is 0.241 e. The molecule has 6 nitrogen and oxygen atoms in total. The number of rotatable bonds is 6. The molecule has 1 aromatic heterocycles. The van der Waals surface area contributed by atoms with Gasteiger partial charge in [-0.3, -0.25) is 0 Å². The molecule has 22 heavy (non-hydrogen) atoms. The molecule has 1 heterocycles. The van der Waals surface area contributed by atoms with Gasteiger partial charge < -0.3 is 0 Å². The van der Waals surface area contributed by atoms with Gasteiger partial charge in [0.15, 0.2) is 0 Å². The zero-order valence-electron chi connectivity index (χ0n) is 12.6. The van der Waals surface area contributed by atoms with Crippen LogP contribution in [0.15, 0.2) is 35.4 Å². The van der Waals surface area contributed by atoms with Gasteiger partial charge in [-0.1, -0.05) is 30.3 Å². The summed E-state index contributed by atoms with van der Waals surface area (Å²) in [6, 6.07) is 7.48. The van der Waals surface area contributed by atoms with E-state index in [1.54, 1.807) is 12.1 Å². The Kier molecular flexibility index (Phi) is 4.26. The van der Waals surface area contributed by atoms with E-state index >= 15 is 0 Å². The Morgan fingerprint density at radius 2 is 2.09 bits per heavy atom. The highest BCUT2D eigenvalue weighted by Crippen LogP contribution is 2.30. The van der Waals surface area contributed by atoms with Crippen LogP contribution >= 0.6 is 0 Å². The van der Waals surface area contributed by atoms with Crippen molar-refractivity contribution >= 4 is 10.0 Å². The van der Waals surface area contributed by atoms with E-state index in [0.717, 1.165) is 18.4 Å². The molecular weight excluding hydrogens is 300 g/mol. The molecular formula is C15H20N4O2S. The van der Waals surface area contributed by atoms with Crippen LogP contribution in [0.1, 0.15) is 43.5 Å². The molecule has 1 aliphatic rings. The minimum absolute atomic E-state index is 0.160. The van der Waals surface area contributed by atoms with Gasteiger partial charge in [-0.15, -0.1) is 5.10 Å². The van der Waals surface area contributed by atoms with Crippen LogP contribution in [-0.4, -0.2) is 23.4 Å². The maximum atomic E-state index is 12.4. The van der Waals surface area contributed by atoms with Crippen molar-refractivity contribution in [2.45, 2.75) is 50.1 Å². The number of benzene rings is 1. The van der Waals surface area contributed by atoms with Gasteiger partial charge >= 0.3 is 0 Å². The summed E-state index contributed by atoms with van der Waals surface area (Å²) >= 11 is 0. The topological polar surface area (TPSA) is 76.9 Å². The molecule has 0 spiro atoms. The fourth-order valence-corrected chi connectivity index (χ4v) is 3.84. The third kappa shape index (κ3) is 3.05. The first kappa shape index (κ1) is 15.2. The minimum Gasteiger partial charge on any atom is -0.249 e. The summed E-state index contributed by atoms with van der Waals surface area (Å²) in [5.74, 6) is 0. The quantitative estimate of drug-likeness (QED) is 0.883. The maximum absolute atomic E-state index is 12.4. The average molecular weight is 320 g/mol. The van der Waals surface area contributed by atoms with Gasteiger partial charge in [0.2, 0.25) is 10.0 Å². The number of hydrogen-bond acceptors (Lipinski definition) is 4. The second-order valence-electron chi connectivity index (χ2n) is 5.56. The van der Waals surface area contributed by atoms with Crippen LogP contribution < -0.4 is 4.72 Å². The van der Waals surface area contributed by atoms with Crippen LogP contribution in [0.5, 0.6) is 0 Å². The number of hydrogen-bond donors (Lipinski definition) is 1. The van der Waals surface area contributed by atoms with Crippen LogP contribution in [0, 0.1) is 0 Å². The van der Waals surface area contributed by atoms with Gasteiger partial charge in [-0.05, 0) is 37.3 Å². The third-order valence-electron chi connectivity index (χ3n) is 4.09. The molecule has 0 atom stereocenters. The molecule has 1 saturated carbocycles. The Bertz CT molecular complexity index is 750. The second kappa shape index (κ2) is 6.18. The molecule has 0 amide bonds. The van der Waals surface area contributed by atoms with E-state index in [9.17, 15) is 8.42 Å². The predicted octanol–water partition coefficient (Wildman–Crippen LogP) is 2.04. The Morgan fingerprint density at radius 3 is 2.77 bits per heavy atom. The molecule has 0 aliphatic heterocycles. The van der Waals surface area contributed by atoms with Gasteiger partial charge in [0.1, 0.15) is 0 Å². The van der Waals surface area contributed by atoms with Crippen molar-refractivity contribution in [1.29, 1.82) is 0 Å². The van der Waals surface area contributed by atoms with Crippen molar-refractivity contribution in [1.82, 2.24) is 19.7 Å². The summed E-state index contributed by atoms with van der Waals surface area (Å²) in [6.45, 7) is 2.10. The number of aryl methyl sites for hydroxylation is 1.